The van der Waals surface area contributed by atoms with Crippen LogP contribution in [0.15, 0.2) is 36.5 Å². The number of ketones is 1. The Morgan fingerprint density at radius 2 is 1.67 bits per heavy atom. The Labute approximate surface area is 237 Å². The van der Waals surface area contributed by atoms with E-state index in [1.807, 2.05) is 18.2 Å². The average Bonchev–Trinajstić information content (AvgIpc) is 2.92. The SMILES string of the molecule is CC(=O)c1cnc2ccc(-c3cc(Cl)c(O)c(Cl)c3)cc2c1NC1CCC(CN2CCN(C(=O)O)CC2)CC1. The zero-order valence-electron chi connectivity index (χ0n) is 21.8. The Balaban J connectivity index is 1.32. The number of aromatic hydroxyl groups is 1. The highest BCUT2D eigenvalue weighted by Gasteiger charge is 2.27. The molecule has 0 atom stereocenters. The number of anilines is 1. The normalized spacial score (nSPS) is 20.2. The second-order valence-electron chi connectivity index (χ2n) is 10.6. The number of carboxylic acid groups (broad SMARTS) is 1. The molecule has 0 bridgehead atoms. The van der Waals surface area contributed by atoms with Gasteiger partial charge >= 0.3 is 6.09 Å². The molecule has 0 radical (unpaired) electrons. The number of benzene rings is 2. The third kappa shape index (κ3) is 6.08. The molecule has 3 N–H and O–H groups in total. The third-order valence-electron chi connectivity index (χ3n) is 7.95. The van der Waals surface area contributed by atoms with Crippen LogP contribution < -0.4 is 5.32 Å². The maximum Gasteiger partial charge on any atom is 0.407 e. The predicted octanol–water partition coefficient (Wildman–Crippen LogP) is 6.38. The van der Waals surface area contributed by atoms with Crippen LogP contribution in [-0.4, -0.2) is 75.6 Å². The van der Waals surface area contributed by atoms with Crippen molar-refractivity contribution in [3.63, 3.8) is 0 Å². The van der Waals surface area contributed by atoms with Crippen molar-refractivity contribution >= 4 is 51.7 Å². The van der Waals surface area contributed by atoms with E-state index < -0.39 is 6.09 Å². The molecule has 1 aromatic heterocycles. The van der Waals surface area contributed by atoms with Gasteiger partial charge in [0.25, 0.3) is 0 Å². The number of hydrogen-bond acceptors (Lipinski definition) is 6. The maximum absolute atomic E-state index is 12.6. The number of hydrogen-bond donors (Lipinski definition) is 3. The standard InChI is InChI=1S/C29H32Cl2N4O4/c1-17(36)23-15-32-26-7-4-19(20-13-24(30)28(37)25(31)14-20)12-22(26)27(23)33-21-5-2-18(3-6-21)16-34-8-10-35(11-9-34)29(38)39/h4,7,12-15,18,21,37H,2-3,5-6,8-11,16H2,1H3,(H,32,33)(H,38,39). The van der Waals surface area contributed by atoms with E-state index in [9.17, 15) is 19.8 Å². The van der Waals surface area contributed by atoms with Crippen molar-refractivity contribution in [3.05, 3.63) is 52.1 Å². The van der Waals surface area contributed by atoms with Crippen LogP contribution in [0, 0.1) is 5.92 Å². The van der Waals surface area contributed by atoms with E-state index in [-0.39, 0.29) is 27.6 Å². The fourth-order valence-electron chi connectivity index (χ4n) is 5.71. The van der Waals surface area contributed by atoms with Crippen LogP contribution in [0.1, 0.15) is 43.0 Å². The molecule has 1 saturated carbocycles. The van der Waals surface area contributed by atoms with Gasteiger partial charge in [0.05, 0.1) is 26.8 Å². The lowest BCUT2D eigenvalue weighted by Gasteiger charge is -2.37. The Morgan fingerprint density at radius 1 is 1.00 bits per heavy atom. The summed E-state index contributed by atoms with van der Waals surface area (Å²) in [4.78, 5) is 32.2. The summed E-state index contributed by atoms with van der Waals surface area (Å²) in [6, 6.07) is 9.39. The largest absolute Gasteiger partial charge is 0.505 e. The lowest BCUT2D eigenvalue weighted by Crippen LogP contribution is -2.49. The molecule has 206 valence electrons. The van der Waals surface area contributed by atoms with E-state index in [0.29, 0.717) is 24.6 Å². The van der Waals surface area contributed by atoms with Crippen molar-refractivity contribution in [2.45, 2.75) is 38.6 Å². The van der Waals surface area contributed by atoms with Gasteiger partial charge in [-0.05, 0) is 73.9 Å². The molecule has 1 amide bonds. The molecule has 1 aliphatic carbocycles. The van der Waals surface area contributed by atoms with E-state index in [0.717, 1.165) is 73.0 Å². The number of phenols is 1. The molecule has 1 saturated heterocycles. The minimum atomic E-state index is -0.836. The van der Waals surface area contributed by atoms with Gasteiger partial charge in [-0.25, -0.2) is 4.79 Å². The van der Waals surface area contributed by atoms with Crippen molar-refractivity contribution in [1.29, 1.82) is 0 Å². The molecular weight excluding hydrogens is 539 g/mol. The number of amides is 1. The number of rotatable bonds is 6. The Morgan fingerprint density at radius 3 is 2.28 bits per heavy atom. The van der Waals surface area contributed by atoms with Crippen molar-refractivity contribution in [2.24, 2.45) is 5.92 Å². The Kier molecular flexibility index (Phi) is 8.16. The molecular formula is C29H32Cl2N4O4. The van der Waals surface area contributed by atoms with Gasteiger partial charge in [-0.1, -0.05) is 29.3 Å². The van der Waals surface area contributed by atoms with Gasteiger partial charge in [-0.3, -0.25) is 14.7 Å². The van der Waals surface area contributed by atoms with Crippen molar-refractivity contribution in [3.8, 4) is 16.9 Å². The van der Waals surface area contributed by atoms with E-state index in [4.69, 9.17) is 23.2 Å². The first-order valence-corrected chi connectivity index (χ1v) is 14.0. The second-order valence-corrected chi connectivity index (χ2v) is 11.4. The van der Waals surface area contributed by atoms with E-state index in [1.165, 1.54) is 4.90 Å². The second kappa shape index (κ2) is 11.6. The summed E-state index contributed by atoms with van der Waals surface area (Å²) in [7, 11) is 0. The van der Waals surface area contributed by atoms with Gasteiger partial charge in [-0.2, -0.15) is 0 Å². The summed E-state index contributed by atoms with van der Waals surface area (Å²) < 4.78 is 0. The monoisotopic (exact) mass is 570 g/mol. The first-order chi connectivity index (χ1) is 18.7. The summed E-state index contributed by atoms with van der Waals surface area (Å²) in [5.41, 5.74) is 3.73. The van der Waals surface area contributed by atoms with Crippen molar-refractivity contribution < 1.29 is 19.8 Å². The number of piperazine rings is 1. The number of aromatic nitrogens is 1. The number of carbonyl (C=O) groups excluding carboxylic acids is 1. The number of carbonyl (C=O) groups is 2. The number of Topliss-reactive ketones (excluding diaryl/α,β-unsaturated/α-hetero) is 1. The highest BCUT2D eigenvalue weighted by Crippen LogP contribution is 2.39. The molecule has 2 heterocycles. The smallest absolute Gasteiger partial charge is 0.407 e. The van der Waals surface area contributed by atoms with Crippen LogP contribution in [0.25, 0.3) is 22.0 Å². The minimum Gasteiger partial charge on any atom is -0.505 e. The lowest BCUT2D eigenvalue weighted by molar-refractivity contribution is 0.0936. The number of fused-ring (bicyclic) bond motifs is 1. The predicted molar refractivity (Wildman–Crippen MR) is 154 cm³/mol. The summed E-state index contributed by atoms with van der Waals surface area (Å²) in [5.74, 6) is 0.377. The molecule has 10 heteroatoms. The van der Waals surface area contributed by atoms with E-state index in [2.05, 4.69) is 15.2 Å². The lowest BCUT2D eigenvalue weighted by atomic mass is 9.85. The van der Waals surface area contributed by atoms with Crippen LogP contribution in [0.5, 0.6) is 5.75 Å². The first kappa shape index (κ1) is 27.5. The van der Waals surface area contributed by atoms with E-state index >= 15 is 0 Å². The van der Waals surface area contributed by atoms with Gasteiger partial charge in [0.2, 0.25) is 0 Å². The molecule has 0 spiro atoms. The van der Waals surface area contributed by atoms with E-state index in [1.54, 1.807) is 25.3 Å². The molecule has 39 heavy (non-hydrogen) atoms. The quantitative estimate of drug-likeness (QED) is 0.295. The molecule has 0 unspecified atom stereocenters. The Hall–Kier alpha value is -3.07. The Bertz CT molecular complexity index is 1380. The summed E-state index contributed by atoms with van der Waals surface area (Å²) >= 11 is 12.3. The highest BCUT2D eigenvalue weighted by atomic mass is 35.5. The van der Waals surface area contributed by atoms with Crippen molar-refractivity contribution in [1.82, 2.24) is 14.8 Å². The first-order valence-electron chi connectivity index (χ1n) is 13.3. The van der Waals surface area contributed by atoms with Gasteiger partial charge in [-0.15, -0.1) is 0 Å². The van der Waals surface area contributed by atoms with Crippen LogP contribution in [0.3, 0.4) is 0 Å². The maximum atomic E-state index is 12.6. The zero-order valence-corrected chi connectivity index (χ0v) is 23.3. The molecule has 2 aliphatic rings. The number of nitrogens with one attached hydrogen (secondary N) is 1. The topological polar surface area (TPSA) is 106 Å². The fraction of sp³-hybridized carbons (Fsp3) is 0.414. The summed E-state index contributed by atoms with van der Waals surface area (Å²) in [6.45, 7) is 5.26. The molecule has 2 fully saturated rings. The number of pyridine rings is 1. The number of phenolic OH excluding ortho intramolecular Hbond substituents is 1. The summed E-state index contributed by atoms with van der Waals surface area (Å²) in [5, 5.41) is 24.0. The minimum absolute atomic E-state index is 0.0535. The number of nitrogens with zero attached hydrogens (tertiary/aromatic N) is 3. The molecule has 8 nitrogen and oxygen atoms in total. The molecule has 3 aromatic rings. The van der Waals surface area contributed by atoms with Crippen LogP contribution >= 0.6 is 23.2 Å². The zero-order chi connectivity index (χ0) is 27.7. The highest BCUT2D eigenvalue weighted by molar-refractivity contribution is 6.37. The van der Waals surface area contributed by atoms with Crippen LogP contribution in [0.2, 0.25) is 10.0 Å². The van der Waals surface area contributed by atoms with Gasteiger partial charge in [0, 0.05) is 50.3 Å². The fourth-order valence-corrected chi connectivity index (χ4v) is 6.19. The molecule has 5 rings (SSSR count). The summed E-state index contributed by atoms with van der Waals surface area (Å²) in [6.07, 6.45) is 4.94. The van der Waals surface area contributed by atoms with Gasteiger partial charge in [0.15, 0.2) is 11.5 Å². The third-order valence-corrected chi connectivity index (χ3v) is 8.53. The van der Waals surface area contributed by atoms with Gasteiger partial charge in [0.1, 0.15) is 0 Å². The van der Waals surface area contributed by atoms with Crippen LogP contribution in [-0.2, 0) is 0 Å². The number of halogens is 2. The molecule has 1 aliphatic heterocycles. The van der Waals surface area contributed by atoms with Gasteiger partial charge < -0.3 is 20.4 Å². The van der Waals surface area contributed by atoms with Crippen molar-refractivity contribution in [2.75, 3.05) is 38.0 Å². The molecule has 2 aromatic carbocycles. The average molecular weight is 572 g/mol. The van der Waals surface area contributed by atoms with Crippen LogP contribution in [0.4, 0.5) is 10.5 Å².